The molecule has 2 aliphatic heterocycles. The van der Waals surface area contributed by atoms with E-state index in [-0.39, 0.29) is 17.6 Å². The maximum absolute atomic E-state index is 12.7. The number of carbonyl (C=O) groups excluding carboxylic acids is 1. The topological polar surface area (TPSA) is 69.7 Å². The van der Waals surface area contributed by atoms with E-state index >= 15 is 0 Å². The molecule has 0 aromatic heterocycles. The first-order valence-corrected chi connectivity index (χ1v) is 12.5. The van der Waals surface area contributed by atoms with Gasteiger partial charge in [0.15, 0.2) is 0 Å². The van der Waals surface area contributed by atoms with Crippen molar-refractivity contribution in [1.29, 1.82) is 0 Å². The van der Waals surface area contributed by atoms with Crippen molar-refractivity contribution in [1.82, 2.24) is 14.5 Å². The van der Waals surface area contributed by atoms with E-state index in [2.05, 4.69) is 17.1 Å². The van der Waals surface area contributed by atoms with Gasteiger partial charge in [-0.2, -0.15) is 0 Å². The number of sulfonamides is 1. The van der Waals surface area contributed by atoms with Crippen LogP contribution in [0.2, 0.25) is 0 Å². The highest BCUT2D eigenvalue weighted by atomic mass is 32.2. The smallest absolute Gasteiger partial charge is 0.223 e. The summed E-state index contributed by atoms with van der Waals surface area (Å²) in [4.78, 5) is 15.0. The summed E-state index contributed by atoms with van der Waals surface area (Å²) in [7, 11) is -3.34. The van der Waals surface area contributed by atoms with Crippen LogP contribution in [0.25, 0.3) is 0 Å². The van der Waals surface area contributed by atoms with Crippen molar-refractivity contribution in [2.75, 3.05) is 32.7 Å². The van der Waals surface area contributed by atoms with Gasteiger partial charge in [0, 0.05) is 31.6 Å². The van der Waals surface area contributed by atoms with Gasteiger partial charge < -0.3 is 10.2 Å². The summed E-state index contributed by atoms with van der Waals surface area (Å²) in [6.45, 7) is 8.11. The summed E-state index contributed by atoms with van der Waals surface area (Å²) in [6.07, 6.45) is 4.72. The lowest BCUT2D eigenvalue weighted by atomic mass is 9.97. The number of likely N-dealkylation sites (tertiary alicyclic amines) is 1. The minimum atomic E-state index is -3.34. The van der Waals surface area contributed by atoms with E-state index in [0.717, 1.165) is 17.5 Å². The molecule has 0 bridgehead atoms. The van der Waals surface area contributed by atoms with E-state index < -0.39 is 10.0 Å². The highest BCUT2D eigenvalue weighted by Crippen LogP contribution is 2.22. The van der Waals surface area contributed by atoms with Gasteiger partial charge in [-0.05, 0) is 64.6 Å². The first-order valence-electron chi connectivity index (χ1n) is 10.9. The largest absolute Gasteiger partial charge is 0.356 e. The van der Waals surface area contributed by atoms with Crippen molar-refractivity contribution >= 4 is 15.9 Å². The van der Waals surface area contributed by atoms with E-state index in [1.807, 2.05) is 31.2 Å². The molecule has 162 valence electrons. The first kappa shape index (κ1) is 22.2. The molecule has 29 heavy (non-hydrogen) atoms. The fourth-order valence-corrected chi connectivity index (χ4v) is 5.86. The lowest BCUT2D eigenvalue weighted by molar-refractivity contribution is -0.126. The molecule has 0 radical (unpaired) electrons. The summed E-state index contributed by atoms with van der Waals surface area (Å²) >= 11 is 0. The van der Waals surface area contributed by atoms with E-state index in [1.165, 1.54) is 25.9 Å². The Bertz CT molecular complexity index is 765. The molecule has 1 N–H and O–H groups in total. The van der Waals surface area contributed by atoms with Crippen LogP contribution in [0.1, 0.15) is 50.2 Å². The molecule has 0 saturated carbocycles. The fourth-order valence-electron chi connectivity index (χ4n) is 4.30. The summed E-state index contributed by atoms with van der Waals surface area (Å²) in [5.74, 6) is 0.0237. The molecule has 2 saturated heterocycles. The van der Waals surface area contributed by atoms with Crippen LogP contribution in [0, 0.1) is 12.8 Å². The van der Waals surface area contributed by atoms with Crippen LogP contribution in [-0.4, -0.2) is 62.3 Å². The van der Waals surface area contributed by atoms with Gasteiger partial charge in [-0.15, -0.1) is 0 Å². The van der Waals surface area contributed by atoms with E-state index in [9.17, 15) is 13.2 Å². The van der Waals surface area contributed by atoms with Gasteiger partial charge in [-0.1, -0.05) is 29.8 Å². The first-order chi connectivity index (χ1) is 13.8. The highest BCUT2D eigenvalue weighted by molar-refractivity contribution is 7.88. The van der Waals surface area contributed by atoms with Gasteiger partial charge in [0.2, 0.25) is 15.9 Å². The summed E-state index contributed by atoms with van der Waals surface area (Å²) in [5, 5.41) is 3.07. The zero-order valence-corrected chi connectivity index (χ0v) is 18.6. The normalized spacial score (nSPS) is 20.6. The number of piperidine rings is 1. The van der Waals surface area contributed by atoms with Gasteiger partial charge in [0.25, 0.3) is 0 Å². The fraction of sp³-hybridized carbons (Fsp3) is 0.682. The van der Waals surface area contributed by atoms with E-state index in [1.54, 1.807) is 4.31 Å². The van der Waals surface area contributed by atoms with Crippen molar-refractivity contribution < 1.29 is 13.2 Å². The Morgan fingerprint density at radius 3 is 2.34 bits per heavy atom. The monoisotopic (exact) mass is 421 g/mol. The van der Waals surface area contributed by atoms with Crippen molar-refractivity contribution in [3.8, 4) is 0 Å². The Balaban J connectivity index is 1.40. The average molecular weight is 422 g/mol. The minimum absolute atomic E-state index is 0.0263. The molecular weight excluding hydrogens is 386 g/mol. The summed E-state index contributed by atoms with van der Waals surface area (Å²) in [5.41, 5.74) is 1.93. The molecule has 1 atom stereocenters. The van der Waals surface area contributed by atoms with Crippen molar-refractivity contribution in [3.63, 3.8) is 0 Å². The van der Waals surface area contributed by atoms with Gasteiger partial charge in [-0.25, -0.2) is 12.7 Å². The maximum Gasteiger partial charge on any atom is 0.223 e. The molecule has 1 amide bonds. The van der Waals surface area contributed by atoms with Crippen molar-refractivity contribution in [3.05, 3.63) is 35.4 Å². The predicted octanol–water partition coefficient (Wildman–Crippen LogP) is 2.53. The highest BCUT2D eigenvalue weighted by Gasteiger charge is 2.31. The maximum atomic E-state index is 12.7. The van der Waals surface area contributed by atoms with E-state index in [4.69, 9.17) is 0 Å². The SMILES string of the molecule is Cc1ccc(CS(=O)(=O)N2CCC(C(=O)NCC[C@H](C)N3CCCC3)CC2)cc1. The third kappa shape index (κ3) is 6.27. The lowest BCUT2D eigenvalue weighted by Crippen LogP contribution is -2.44. The summed E-state index contributed by atoms with van der Waals surface area (Å²) in [6, 6.07) is 8.12. The number of benzene rings is 1. The van der Waals surface area contributed by atoms with Crippen LogP contribution in [0.5, 0.6) is 0 Å². The van der Waals surface area contributed by atoms with Crippen LogP contribution < -0.4 is 5.32 Å². The Kier molecular flexibility index (Phi) is 7.71. The zero-order valence-electron chi connectivity index (χ0n) is 17.8. The lowest BCUT2D eigenvalue weighted by Gasteiger charge is -2.31. The van der Waals surface area contributed by atoms with Crippen LogP contribution in [0.4, 0.5) is 0 Å². The number of nitrogens with zero attached hydrogens (tertiary/aromatic N) is 2. The number of carbonyl (C=O) groups is 1. The molecule has 1 aromatic rings. The average Bonchev–Trinajstić information content (AvgIpc) is 3.24. The standard InChI is InChI=1S/C22H35N3O3S/c1-18-5-7-20(8-6-18)17-29(27,28)25-15-10-21(11-16-25)22(26)23-12-9-19(2)24-13-3-4-14-24/h5-8,19,21H,3-4,9-17H2,1-2H3,(H,23,26)/t19-/m0/s1. The third-order valence-corrected chi connectivity index (χ3v) is 8.16. The number of hydrogen-bond acceptors (Lipinski definition) is 4. The Morgan fingerprint density at radius 1 is 1.10 bits per heavy atom. The van der Waals surface area contributed by atoms with Gasteiger partial charge in [0.1, 0.15) is 0 Å². The molecule has 7 heteroatoms. The Labute approximate surface area is 175 Å². The molecule has 2 fully saturated rings. The molecule has 0 unspecified atom stereocenters. The van der Waals surface area contributed by atoms with Crippen LogP contribution >= 0.6 is 0 Å². The molecule has 0 aliphatic carbocycles. The van der Waals surface area contributed by atoms with Gasteiger partial charge >= 0.3 is 0 Å². The second-order valence-corrected chi connectivity index (χ2v) is 10.6. The molecule has 2 aliphatic rings. The molecule has 2 heterocycles. The summed E-state index contributed by atoms with van der Waals surface area (Å²) < 4.78 is 27.0. The van der Waals surface area contributed by atoms with Crippen molar-refractivity contribution in [2.24, 2.45) is 5.92 Å². The predicted molar refractivity (Wildman–Crippen MR) is 116 cm³/mol. The van der Waals surface area contributed by atoms with Crippen LogP contribution in [0.15, 0.2) is 24.3 Å². The zero-order chi connectivity index (χ0) is 20.9. The molecule has 3 rings (SSSR count). The molecule has 1 aromatic carbocycles. The number of hydrogen-bond donors (Lipinski definition) is 1. The second kappa shape index (κ2) is 10.0. The number of aryl methyl sites for hydroxylation is 1. The minimum Gasteiger partial charge on any atom is -0.356 e. The third-order valence-electron chi connectivity index (χ3n) is 6.31. The van der Waals surface area contributed by atoms with Crippen molar-refractivity contribution in [2.45, 2.75) is 57.7 Å². The number of amides is 1. The second-order valence-electron chi connectivity index (χ2n) is 8.59. The molecular formula is C22H35N3O3S. The van der Waals surface area contributed by atoms with Crippen LogP contribution in [0.3, 0.4) is 0 Å². The Hall–Kier alpha value is -1.44. The molecule has 6 nitrogen and oxygen atoms in total. The van der Waals surface area contributed by atoms with E-state index in [0.29, 0.717) is 38.5 Å². The van der Waals surface area contributed by atoms with Gasteiger partial charge in [0.05, 0.1) is 5.75 Å². The van der Waals surface area contributed by atoms with Gasteiger partial charge in [-0.3, -0.25) is 4.79 Å². The number of nitrogens with one attached hydrogen (secondary N) is 1. The number of rotatable bonds is 8. The Morgan fingerprint density at radius 2 is 1.72 bits per heavy atom. The molecule has 0 spiro atoms. The quantitative estimate of drug-likeness (QED) is 0.700. The van der Waals surface area contributed by atoms with Crippen LogP contribution in [-0.2, 0) is 20.6 Å².